The van der Waals surface area contributed by atoms with Crippen molar-refractivity contribution in [1.82, 2.24) is 9.88 Å². The number of carboxylic acids is 1. The molecule has 150 valence electrons. The first-order valence-corrected chi connectivity index (χ1v) is 9.59. The number of hydrogen-bond donors (Lipinski definition) is 2. The molecule has 2 aliphatic rings. The van der Waals surface area contributed by atoms with E-state index in [1.807, 2.05) is 26.0 Å². The Morgan fingerprint density at radius 2 is 1.90 bits per heavy atom. The molecule has 1 atom stereocenters. The zero-order valence-corrected chi connectivity index (χ0v) is 16.3. The number of amides is 1. The predicted octanol–water partition coefficient (Wildman–Crippen LogP) is 2.35. The second kappa shape index (κ2) is 6.69. The van der Waals surface area contributed by atoms with Gasteiger partial charge in [-0.1, -0.05) is 38.1 Å². The summed E-state index contributed by atoms with van der Waals surface area (Å²) in [6.45, 7) is 4.09. The number of carboxylic acid groups (broad SMARTS) is 1. The van der Waals surface area contributed by atoms with Crippen molar-refractivity contribution in [1.29, 1.82) is 0 Å². The summed E-state index contributed by atoms with van der Waals surface area (Å²) in [6, 6.07) is 7.27. The smallest absolute Gasteiger partial charge is 0.331 e. The molecule has 1 aliphatic carbocycles. The molecule has 0 saturated carbocycles. The number of Topliss-reactive ketones (excluding diaryl/α,β-unsaturated/α-hetero) is 1. The standard InChI is InChI=1S/C22H22N2O5/c1-22(2)10-16-14(17(25)11-22)9-15(19(26)23-16)20(27)24-8-7-12-5-3-4-6-13(12)18(24)21(28)29/h3-6,9,18H,7-8,10-11H2,1-2H3,(H,23,26)(H,28,29). The Bertz CT molecular complexity index is 1100. The Morgan fingerprint density at radius 1 is 1.17 bits per heavy atom. The van der Waals surface area contributed by atoms with E-state index >= 15 is 0 Å². The highest BCUT2D eigenvalue weighted by Crippen LogP contribution is 2.34. The summed E-state index contributed by atoms with van der Waals surface area (Å²) < 4.78 is 0. The van der Waals surface area contributed by atoms with Crippen LogP contribution in [-0.2, 0) is 17.6 Å². The number of hydrogen-bond acceptors (Lipinski definition) is 4. The molecule has 0 bridgehead atoms. The van der Waals surface area contributed by atoms with Gasteiger partial charge in [0.05, 0.1) is 0 Å². The third-order valence-corrected chi connectivity index (χ3v) is 5.73. The molecule has 1 aromatic carbocycles. The van der Waals surface area contributed by atoms with Crippen LogP contribution in [0.1, 0.15) is 63.8 Å². The van der Waals surface area contributed by atoms with E-state index < -0.39 is 23.5 Å². The minimum atomic E-state index is -1.17. The Morgan fingerprint density at radius 3 is 2.62 bits per heavy atom. The van der Waals surface area contributed by atoms with Crippen molar-refractivity contribution in [2.24, 2.45) is 5.41 Å². The van der Waals surface area contributed by atoms with Crippen LogP contribution in [0.15, 0.2) is 35.1 Å². The first kappa shape index (κ1) is 19.1. The molecule has 0 fully saturated rings. The Balaban J connectivity index is 1.76. The molecule has 4 rings (SSSR count). The van der Waals surface area contributed by atoms with Gasteiger partial charge >= 0.3 is 5.97 Å². The van der Waals surface area contributed by atoms with Gasteiger partial charge in [0.1, 0.15) is 5.56 Å². The number of aromatic nitrogens is 1. The lowest BCUT2D eigenvalue weighted by molar-refractivity contribution is -0.143. The van der Waals surface area contributed by atoms with Gasteiger partial charge in [-0.2, -0.15) is 0 Å². The summed E-state index contributed by atoms with van der Waals surface area (Å²) >= 11 is 0. The van der Waals surface area contributed by atoms with Crippen LogP contribution in [0.3, 0.4) is 0 Å². The van der Waals surface area contributed by atoms with Crippen molar-refractivity contribution in [2.75, 3.05) is 6.54 Å². The number of benzene rings is 1. The molecule has 2 heterocycles. The summed E-state index contributed by atoms with van der Waals surface area (Å²) in [4.78, 5) is 54.3. The first-order valence-electron chi connectivity index (χ1n) is 9.59. The molecule has 1 aromatic heterocycles. The van der Waals surface area contributed by atoms with E-state index in [2.05, 4.69) is 4.98 Å². The number of pyridine rings is 1. The summed E-state index contributed by atoms with van der Waals surface area (Å²) in [5.41, 5.74) is 1.25. The topological polar surface area (TPSA) is 108 Å². The molecule has 1 amide bonds. The van der Waals surface area contributed by atoms with E-state index in [-0.39, 0.29) is 23.3 Å². The lowest BCUT2D eigenvalue weighted by Gasteiger charge is -2.35. The van der Waals surface area contributed by atoms with E-state index in [1.54, 1.807) is 12.1 Å². The maximum Gasteiger partial charge on any atom is 0.331 e. The minimum absolute atomic E-state index is 0.125. The van der Waals surface area contributed by atoms with Gasteiger partial charge in [-0.15, -0.1) is 0 Å². The maximum atomic E-state index is 13.2. The highest BCUT2D eigenvalue weighted by atomic mass is 16.4. The van der Waals surface area contributed by atoms with Crippen LogP contribution < -0.4 is 5.56 Å². The van der Waals surface area contributed by atoms with Crippen LogP contribution in [0.25, 0.3) is 0 Å². The Hall–Kier alpha value is -3.22. The average molecular weight is 394 g/mol. The van der Waals surface area contributed by atoms with Crippen LogP contribution in [0.4, 0.5) is 0 Å². The fraction of sp³-hybridized carbons (Fsp3) is 0.364. The lowest BCUT2D eigenvalue weighted by Crippen LogP contribution is -2.45. The fourth-order valence-electron chi connectivity index (χ4n) is 4.39. The van der Waals surface area contributed by atoms with Crippen molar-refractivity contribution in [3.63, 3.8) is 0 Å². The van der Waals surface area contributed by atoms with Gasteiger partial charge in [0, 0.05) is 24.2 Å². The number of fused-ring (bicyclic) bond motifs is 2. The zero-order valence-electron chi connectivity index (χ0n) is 16.3. The Kier molecular flexibility index (Phi) is 4.41. The van der Waals surface area contributed by atoms with Crippen molar-refractivity contribution in [3.05, 3.63) is 68.6 Å². The molecule has 7 heteroatoms. The number of rotatable bonds is 2. The largest absolute Gasteiger partial charge is 0.479 e. The number of aliphatic carboxylic acids is 1. The van der Waals surface area contributed by atoms with Crippen LogP contribution >= 0.6 is 0 Å². The number of aromatic amines is 1. The van der Waals surface area contributed by atoms with Crippen LogP contribution in [0.5, 0.6) is 0 Å². The maximum absolute atomic E-state index is 13.2. The monoisotopic (exact) mass is 394 g/mol. The second-order valence-corrected chi connectivity index (χ2v) is 8.53. The normalized spacial score (nSPS) is 20.0. The van der Waals surface area contributed by atoms with Crippen LogP contribution in [0, 0.1) is 5.41 Å². The SMILES string of the molecule is CC1(C)CC(=O)c2cc(C(=O)N3CCc4ccccc4C3C(=O)O)c(=O)[nH]c2C1. The van der Waals surface area contributed by atoms with Gasteiger partial charge in [0.2, 0.25) is 0 Å². The number of nitrogens with zero attached hydrogens (tertiary/aromatic N) is 1. The van der Waals surface area contributed by atoms with Gasteiger partial charge < -0.3 is 15.0 Å². The number of ketones is 1. The summed E-state index contributed by atoms with van der Waals surface area (Å²) in [5.74, 6) is -1.95. The number of carbonyl (C=O) groups is 3. The van der Waals surface area contributed by atoms with E-state index in [0.717, 1.165) is 5.56 Å². The molecule has 29 heavy (non-hydrogen) atoms. The molecule has 2 aromatic rings. The molecule has 0 radical (unpaired) electrons. The van der Waals surface area contributed by atoms with Crippen molar-refractivity contribution in [3.8, 4) is 0 Å². The van der Waals surface area contributed by atoms with Crippen LogP contribution in [-0.4, -0.2) is 39.2 Å². The van der Waals surface area contributed by atoms with E-state index in [0.29, 0.717) is 36.1 Å². The van der Waals surface area contributed by atoms with Gasteiger partial charge in [-0.3, -0.25) is 14.4 Å². The lowest BCUT2D eigenvalue weighted by atomic mass is 9.75. The highest BCUT2D eigenvalue weighted by Gasteiger charge is 2.38. The zero-order chi connectivity index (χ0) is 20.9. The minimum Gasteiger partial charge on any atom is -0.479 e. The van der Waals surface area contributed by atoms with Crippen molar-refractivity contribution in [2.45, 2.75) is 39.2 Å². The van der Waals surface area contributed by atoms with Gasteiger partial charge in [0.15, 0.2) is 11.8 Å². The molecule has 1 unspecified atom stereocenters. The third kappa shape index (κ3) is 3.26. The highest BCUT2D eigenvalue weighted by molar-refractivity contribution is 6.02. The third-order valence-electron chi connectivity index (χ3n) is 5.73. The number of carbonyl (C=O) groups excluding carboxylic acids is 2. The molecule has 0 spiro atoms. The van der Waals surface area contributed by atoms with Gasteiger partial charge in [-0.25, -0.2) is 4.79 Å². The van der Waals surface area contributed by atoms with E-state index in [9.17, 15) is 24.3 Å². The molecule has 7 nitrogen and oxygen atoms in total. The summed E-state index contributed by atoms with van der Waals surface area (Å²) in [5, 5.41) is 9.78. The molecular formula is C22H22N2O5. The average Bonchev–Trinajstić information content (AvgIpc) is 2.65. The number of nitrogens with one attached hydrogen (secondary N) is 1. The predicted molar refractivity (Wildman–Crippen MR) is 105 cm³/mol. The van der Waals surface area contributed by atoms with Crippen molar-refractivity contribution >= 4 is 17.7 Å². The van der Waals surface area contributed by atoms with Gasteiger partial charge in [-0.05, 0) is 35.4 Å². The number of H-pyrrole nitrogens is 1. The molecule has 0 saturated heterocycles. The van der Waals surface area contributed by atoms with Gasteiger partial charge in [0.25, 0.3) is 11.5 Å². The molecule has 1 aliphatic heterocycles. The molecular weight excluding hydrogens is 372 g/mol. The summed E-state index contributed by atoms with van der Waals surface area (Å²) in [7, 11) is 0. The quantitative estimate of drug-likeness (QED) is 0.813. The van der Waals surface area contributed by atoms with Crippen LogP contribution in [0.2, 0.25) is 0 Å². The fourth-order valence-corrected chi connectivity index (χ4v) is 4.39. The molecule has 2 N–H and O–H groups in total. The Labute approximate surface area is 167 Å². The van der Waals surface area contributed by atoms with E-state index in [4.69, 9.17) is 0 Å². The van der Waals surface area contributed by atoms with E-state index in [1.165, 1.54) is 11.0 Å². The first-order chi connectivity index (χ1) is 13.7. The second-order valence-electron chi connectivity index (χ2n) is 8.53. The summed E-state index contributed by atoms with van der Waals surface area (Å²) in [6.07, 6.45) is 1.36. The van der Waals surface area contributed by atoms with Crippen molar-refractivity contribution < 1.29 is 19.5 Å².